The Balaban J connectivity index is 1.08. The molecular formula is C24H24FN3O3S. The minimum Gasteiger partial charge on any atom is -0.356 e. The van der Waals surface area contributed by atoms with Gasteiger partial charge in [0, 0.05) is 31.1 Å². The zero-order valence-corrected chi connectivity index (χ0v) is 18.3. The second-order valence-corrected chi connectivity index (χ2v) is 10.1. The predicted molar refractivity (Wildman–Crippen MR) is 121 cm³/mol. The third-order valence-electron chi connectivity index (χ3n) is 6.02. The SMILES string of the molecule is O=S(=O)(NCC1CN(CCCc2noc3cc(F)ccc23)C1)c1ccc2ccccc2c1. The van der Waals surface area contributed by atoms with E-state index in [1.54, 1.807) is 18.2 Å². The zero-order valence-electron chi connectivity index (χ0n) is 17.5. The third kappa shape index (κ3) is 4.39. The molecule has 2 heterocycles. The molecule has 3 aromatic carbocycles. The number of sulfonamides is 1. The summed E-state index contributed by atoms with van der Waals surface area (Å²) < 4.78 is 46.5. The second-order valence-electron chi connectivity index (χ2n) is 8.36. The quantitative estimate of drug-likeness (QED) is 0.437. The molecule has 0 bridgehead atoms. The standard InChI is InChI=1S/C24H24FN3O3S/c25-20-8-10-22-23(27-31-24(22)13-20)6-3-11-28-15-17(16-28)14-26-32(29,30)21-9-7-18-4-1-2-5-19(18)12-21/h1-2,4-5,7-10,12-13,17,26H,3,6,11,14-16H2. The van der Waals surface area contributed by atoms with Crippen LogP contribution in [-0.4, -0.2) is 44.7 Å². The van der Waals surface area contributed by atoms with Gasteiger partial charge in [-0.05, 0) is 60.3 Å². The van der Waals surface area contributed by atoms with Crippen molar-refractivity contribution in [3.63, 3.8) is 0 Å². The smallest absolute Gasteiger partial charge is 0.240 e. The highest BCUT2D eigenvalue weighted by Crippen LogP contribution is 2.22. The van der Waals surface area contributed by atoms with Crippen LogP contribution in [0.25, 0.3) is 21.7 Å². The maximum Gasteiger partial charge on any atom is 0.240 e. The molecule has 6 nitrogen and oxygen atoms in total. The average Bonchev–Trinajstić information content (AvgIpc) is 3.16. The highest BCUT2D eigenvalue weighted by Gasteiger charge is 2.28. The molecule has 0 amide bonds. The Morgan fingerprint density at radius 3 is 2.72 bits per heavy atom. The first-order valence-electron chi connectivity index (χ1n) is 10.7. The summed E-state index contributed by atoms with van der Waals surface area (Å²) in [5.41, 5.74) is 1.32. The minimum absolute atomic E-state index is 0.298. The maximum atomic E-state index is 13.3. The summed E-state index contributed by atoms with van der Waals surface area (Å²) >= 11 is 0. The van der Waals surface area contributed by atoms with E-state index in [-0.39, 0.29) is 5.82 Å². The van der Waals surface area contributed by atoms with Crippen molar-refractivity contribution in [2.45, 2.75) is 17.7 Å². The van der Waals surface area contributed by atoms with Crippen LogP contribution in [0.15, 0.2) is 70.1 Å². The summed E-state index contributed by atoms with van der Waals surface area (Å²) in [4.78, 5) is 2.60. The van der Waals surface area contributed by atoms with Gasteiger partial charge in [-0.3, -0.25) is 0 Å². The van der Waals surface area contributed by atoms with Crippen LogP contribution in [0.3, 0.4) is 0 Å². The van der Waals surface area contributed by atoms with Crippen molar-refractivity contribution in [3.05, 3.63) is 72.2 Å². The Hall–Kier alpha value is -2.81. The Bertz CT molecular complexity index is 1360. The van der Waals surface area contributed by atoms with E-state index in [2.05, 4.69) is 14.8 Å². The predicted octanol–water partition coefficient (Wildman–Crippen LogP) is 3.96. The molecule has 5 rings (SSSR count). The first-order chi connectivity index (χ1) is 15.5. The summed E-state index contributed by atoms with van der Waals surface area (Å²) in [5, 5.41) is 6.85. The lowest BCUT2D eigenvalue weighted by Crippen LogP contribution is -2.51. The molecule has 1 aromatic heterocycles. The number of nitrogens with one attached hydrogen (secondary N) is 1. The fraction of sp³-hybridized carbons (Fsp3) is 0.292. The van der Waals surface area contributed by atoms with Crippen LogP contribution >= 0.6 is 0 Å². The van der Waals surface area contributed by atoms with E-state index in [0.717, 1.165) is 54.3 Å². The highest BCUT2D eigenvalue weighted by atomic mass is 32.2. The van der Waals surface area contributed by atoms with Gasteiger partial charge in [-0.2, -0.15) is 0 Å². The van der Waals surface area contributed by atoms with Gasteiger partial charge in [0.25, 0.3) is 0 Å². The maximum absolute atomic E-state index is 13.3. The van der Waals surface area contributed by atoms with Crippen LogP contribution in [0.4, 0.5) is 4.39 Å². The number of fused-ring (bicyclic) bond motifs is 2. The monoisotopic (exact) mass is 453 g/mol. The minimum atomic E-state index is -3.52. The van der Waals surface area contributed by atoms with E-state index in [9.17, 15) is 12.8 Å². The molecule has 1 saturated heterocycles. The fourth-order valence-electron chi connectivity index (χ4n) is 4.25. The van der Waals surface area contributed by atoms with Gasteiger partial charge in [-0.1, -0.05) is 35.5 Å². The van der Waals surface area contributed by atoms with Crippen molar-refractivity contribution >= 4 is 31.8 Å². The number of aromatic nitrogens is 1. The van der Waals surface area contributed by atoms with Gasteiger partial charge in [0.05, 0.1) is 10.6 Å². The molecule has 1 fully saturated rings. The van der Waals surface area contributed by atoms with Gasteiger partial charge in [0.2, 0.25) is 10.0 Å². The molecular weight excluding hydrogens is 429 g/mol. The van der Waals surface area contributed by atoms with Gasteiger partial charge >= 0.3 is 0 Å². The van der Waals surface area contributed by atoms with E-state index in [1.165, 1.54) is 12.1 Å². The van der Waals surface area contributed by atoms with Crippen LogP contribution in [0.1, 0.15) is 12.1 Å². The Kier molecular flexibility index (Phi) is 5.67. The summed E-state index contributed by atoms with van der Waals surface area (Å²) in [5.74, 6) is -0.0239. The lowest BCUT2D eigenvalue weighted by Gasteiger charge is -2.39. The van der Waals surface area contributed by atoms with E-state index in [1.807, 2.05) is 30.3 Å². The molecule has 8 heteroatoms. The van der Waals surface area contributed by atoms with E-state index < -0.39 is 10.0 Å². The number of aryl methyl sites for hydroxylation is 1. The third-order valence-corrected chi connectivity index (χ3v) is 7.44. The van der Waals surface area contributed by atoms with Crippen LogP contribution in [0.5, 0.6) is 0 Å². The Morgan fingerprint density at radius 1 is 1.06 bits per heavy atom. The lowest BCUT2D eigenvalue weighted by molar-refractivity contribution is 0.102. The Labute approximate surface area is 186 Å². The van der Waals surface area contributed by atoms with Crippen LogP contribution in [-0.2, 0) is 16.4 Å². The van der Waals surface area contributed by atoms with Gasteiger partial charge < -0.3 is 9.42 Å². The number of halogens is 1. The summed E-state index contributed by atoms with van der Waals surface area (Å²) in [7, 11) is -3.52. The second kappa shape index (κ2) is 8.61. The molecule has 1 aliphatic rings. The van der Waals surface area contributed by atoms with E-state index in [0.29, 0.717) is 22.9 Å². The number of benzene rings is 3. The molecule has 1 N–H and O–H groups in total. The zero-order chi connectivity index (χ0) is 22.1. The highest BCUT2D eigenvalue weighted by molar-refractivity contribution is 7.89. The topological polar surface area (TPSA) is 75.4 Å². The number of hydrogen-bond donors (Lipinski definition) is 1. The van der Waals surface area contributed by atoms with E-state index in [4.69, 9.17) is 4.52 Å². The average molecular weight is 454 g/mol. The normalized spacial score (nSPS) is 15.4. The summed E-state index contributed by atoms with van der Waals surface area (Å²) in [6.07, 6.45) is 1.67. The number of rotatable bonds is 8. The Morgan fingerprint density at radius 2 is 1.88 bits per heavy atom. The van der Waals surface area contributed by atoms with Crippen molar-refractivity contribution in [3.8, 4) is 0 Å². The molecule has 0 aliphatic carbocycles. The number of nitrogens with zero attached hydrogens (tertiary/aromatic N) is 2. The van der Waals surface area contributed by atoms with E-state index >= 15 is 0 Å². The number of hydrogen-bond acceptors (Lipinski definition) is 5. The van der Waals surface area contributed by atoms with Gasteiger partial charge in [-0.15, -0.1) is 0 Å². The molecule has 0 atom stereocenters. The van der Waals surface area contributed by atoms with Crippen molar-refractivity contribution in [2.75, 3.05) is 26.2 Å². The van der Waals surface area contributed by atoms with Gasteiger partial charge in [0.1, 0.15) is 5.82 Å². The van der Waals surface area contributed by atoms with Crippen LogP contribution < -0.4 is 4.72 Å². The van der Waals surface area contributed by atoms with Crippen molar-refractivity contribution in [1.29, 1.82) is 0 Å². The van der Waals surface area contributed by atoms with Gasteiger partial charge in [0.15, 0.2) is 5.58 Å². The molecule has 32 heavy (non-hydrogen) atoms. The molecule has 0 unspecified atom stereocenters. The van der Waals surface area contributed by atoms with Crippen LogP contribution in [0.2, 0.25) is 0 Å². The molecule has 0 spiro atoms. The van der Waals surface area contributed by atoms with Crippen molar-refractivity contribution in [2.24, 2.45) is 5.92 Å². The first kappa shape index (κ1) is 21.1. The molecule has 0 saturated carbocycles. The molecule has 166 valence electrons. The first-order valence-corrected chi connectivity index (χ1v) is 12.2. The molecule has 4 aromatic rings. The summed E-state index contributed by atoms with van der Waals surface area (Å²) in [6, 6.07) is 17.4. The summed E-state index contributed by atoms with van der Waals surface area (Å²) in [6.45, 7) is 3.07. The number of likely N-dealkylation sites (tertiary alicyclic amines) is 1. The lowest BCUT2D eigenvalue weighted by atomic mass is 10.00. The van der Waals surface area contributed by atoms with Crippen molar-refractivity contribution < 1.29 is 17.3 Å². The fourth-order valence-corrected chi connectivity index (χ4v) is 5.40. The largest absolute Gasteiger partial charge is 0.356 e. The van der Waals surface area contributed by atoms with Gasteiger partial charge in [-0.25, -0.2) is 17.5 Å². The molecule has 1 aliphatic heterocycles. The molecule has 0 radical (unpaired) electrons. The van der Waals surface area contributed by atoms with Crippen LogP contribution in [0, 0.1) is 11.7 Å². The van der Waals surface area contributed by atoms with Crippen molar-refractivity contribution in [1.82, 2.24) is 14.8 Å².